The van der Waals surface area contributed by atoms with Crippen molar-refractivity contribution in [2.24, 2.45) is 0 Å². The van der Waals surface area contributed by atoms with Crippen LogP contribution in [0.15, 0.2) is 18.2 Å². The van der Waals surface area contributed by atoms with E-state index in [2.05, 4.69) is 10.1 Å². The number of hydrogen-bond acceptors (Lipinski definition) is 3. The molecule has 0 aliphatic heterocycles. The van der Waals surface area contributed by atoms with Crippen molar-refractivity contribution >= 4 is 23.2 Å². The maximum Gasteiger partial charge on any atom is 0.250 e. The molecule has 0 heterocycles. The highest BCUT2D eigenvalue weighted by molar-refractivity contribution is 6.33. The Balaban J connectivity index is 2.72. The van der Waals surface area contributed by atoms with Crippen LogP contribution in [0.2, 0.25) is 5.02 Å². The zero-order chi connectivity index (χ0) is 10.6. The molecule has 0 radical (unpaired) electrons. The zero-order valence-corrected chi connectivity index (χ0v) is 8.34. The molecule has 0 spiro atoms. The lowest BCUT2D eigenvalue weighted by Gasteiger charge is -2.06. The van der Waals surface area contributed by atoms with E-state index in [0.29, 0.717) is 5.69 Å². The van der Waals surface area contributed by atoms with Crippen molar-refractivity contribution in [1.82, 2.24) is 0 Å². The van der Waals surface area contributed by atoms with Crippen molar-refractivity contribution in [3.05, 3.63) is 23.2 Å². The van der Waals surface area contributed by atoms with Gasteiger partial charge < -0.3 is 15.2 Å². The van der Waals surface area contributed by atoms with Crippen LogP contribution in [-0.4, -0.2) is 24.7 Å². The molecule has 0 fully saturated rings. The van der Waals surface area contributed by atoms with Gasteiger partial charge in [-0.3, -0.25) is 4.79 Å². The summed E-state index contributed by atoms with van der Waals surface area (Å²) in [6, 6.07) is 4.31. The number of anilines is 1. The number of hydrogen-bond donors (Lipinski definition) is 2. The first kappa shape index (κ1) is 10.8. The molecule has 1 aromatic carbocycles. The van der Waals surface area contributed by atoms with E-state index >= 15 is 0 Å². The molecule has 5 heteroatoms. The first-order chi connectivity index (χ1) is 6.63. The molecule has 76 valence electrons. The number of amides is 1. The van der Waals surface area contributed by atoms with Crippen molar-refractivity contribution in [3.63, 3.8) is 0 Å². The lowest BCUT2D eigenvalue weighted by Crippen LogP contribution is -2.17. The van der Waals surface area contributed by atoms with Crippen LogP contribution in [0, 0.1) is 0 Å². The van der Waals surface area contributed by atoms with Crippen LogP contribution in [-0.2, 0) is 9.53 Å². The van der Waals surface area contributed by atoms with E-state index in [0.717, 1.165) is 0 Å². The summed E-state index contributed by atoms with van der Waals surface area (Å²) in [7, 11) is 1.43. The molecule has 0 aromatic heterocycles. The van der Waals surface area contributed by atoms with Gasteiger partial charge in [0.25, 0.3) is 0 Å². The smallest absolute Gasteiger partial charge is 0.250 e. The topological polar surface area (TPSA) is 58.6 Å². The third-order valence-electron chi connectivity index (χ3n) is 1.50. The van der Waals surface area contributed by atoms with E-state index < -0.39 is 0 Å². The highest BCUT2D eigenvalue weighted by Crippen LogP contribution is 2.25. The maximum absolute atomic E-state index is 11.1. The monoisotopic (exact) mass is 215 g/mol. The van der Waals surface area contributed by atoms with Crippen molar-refractivity contribution in [1.29, 1.82) is 0 Å². The first-order valence-corrected chi connectivity index (χ1v) is 4.28. The van der Waals surface area contributed by atoms with E-state index in [1.54, 1.807) is 0 Å². The number of phenolic OH excluding ortho intramolecular Hbond substituents is 1. The summed E-state index contributed by atoms with van der Waals surface area (Å²) in [5, 5.41) is 11.9. The molecule has 0 atom stereocenters. The molecule has 2 N–H and O–H groups in total. The molecule has 1 amide bonds. The van der Waals surface area contributed by atoms with E-state index in [9.17, 15) is 4.79 Å². The highest BCUT2D eigenvalue weighted by atomic mass is 35.5. The number of rotatable bonds is 3. The second-order valence-electron chi connectivity index (χ2n) is 2.65. The quantitative estimate of drug-likeness (QED) is 0.754. The second-order valence-corrected chi connectivity index (χ2v) is 3.05. The Morgan fingerprint density at radius 2 is 2.36 bits per heavy atom. The number of halogens is 1. The van der Waals surface area contributed by atoms with Gasteiger partial charge in [0.05, 0.1) is 10.7 Å². The van der Waals surface area contributed by atoms with Gasteiger partial charge in [0.2, 0.25) is 5.91 Å². The molecule has 0 saturated heterocycles. The fraction of sp³-hybridized carbons (Fsp3) is 0.222. The highest BCUT2D eigenvalue weighted by Gasteiger charge is 2.05. The van der Waals surface area contributed by atoms with Gasteiger partial charge in [-0.05, 0) is 12.1 Å². The fourth-order valence-electron chi connectivity index (χ4n) is 0.923. The third-order valence-corrected chi connectivity index (χ3v) is 1.81. The predicted octanol–water partition coefficient (Wildman–Crippen LogP) is 1.63. The first-order valence-electron chi connectivity index (χ1n) is 3.91. The van der Waals surface area contributed by atoms with Gasteiger partial charge >= 0.3 is 0 Å². The van der Waals surface area contributed by atoms with Crippen LogP contribution in [0.5, 0.6) is 5.75 Å². The SMILES string of the molecule is COCC(=O)Nc1ccc(O)cc1Cl. The standard InChI is InChI=1S/C9H10ClNO3/c1-14-5-9(13)11-8-3-2-6(12)4-7(8)10/h2-4,12H,5H2,1H3,(H,11,13). The van der Waals surface area contributed by atoms with Crippen LogP contribution < -0.4 is 5.32 Å². The third kappa shape index (κ3) is 2.90. The normalized spacial score (nSPS) is 9.86. The summed E-state index contributed by atoms with van der Waals surface area (Å²) in [5.74, 6) is -0.236. The Kier molecular flexibility index (Phi) is 3.73. The number of phenols is 1. The van der Waals surface area contributed by atoms with Gasteiger partial charge in [-0.25, -0.2) is 0 Å². The molecule has 14 heavy (non-hydrogen) atoms. The zero-order valence-electron chi connectivity index (χ0n) is 7.58. The molecule has 0 aliphatic carbocycles. The lowest BCUT2D eigenvalue weighted by atomic mass is 10.3. The van der Waals surface area contributed by atoms with Crippen molar-refractivity contribution in [2.45, 2.75) is 0 Å². The Morgan fingerprint density at radius 1 is 1.64 bits per heavy atom. The molecule has 0 saturated carbocycles. The number of aromatic hydroxyl groups is 1. The van der Waals surface area contributed by atoms with E-state index in [1.165, 1.54) is 25.3 Å². The van der Waals surface area contributed by atoms with Crippen molar-refractivity contribution < 1.29 is 14.6 Å². The maximum atomic E-state index is 11.1. The van der Waals surface area contributed by atoms with Crippen molar-refractivity contribution in [3.8, 4) is 5.75 Å². The molecule has 1 rings (SSSR count). The Hall–Kier alpha value is -1.26. The van der Waals surface area contributed by atoms with Gasteiger partial charge in [0.1, 0.15) is 12.4 Å². The number of methoxy groups -OCH3 is 1. The minimum atomic E-state index is -0.292. The number of benzene rings is 1. The molecule has 4 nitrogen and oxygen atoms in total. The van der Waals surface area contributed by atoms with Crippen LogP contribution in [0.1, 0.15) is 0 Å². The largest absolute Gasteiger partial charge is 0.508 e. The van der Waals surface area contributed by atoms with Gasteiger partial charge in [-0.1, -0.05) is 11.6 Å². The van der Waals surface area contributed by atoms with Gasteiger partial charge in [0.15, 0.2) is 0 Å². The van der Waals surface area contributed by atoms with Crippen LogP contribution in [0.3, 0.4) is 0 Å². The molecule has 1 aromatic rings. The van der Waals surface area contributed by atoms with Crippen LogP contribution in [0.4, 0.5) is 5.69 Å². The van der Waals surface area contributed by atoms with E-state index in [-0.39, 0.29) is 23.3 Å². The predicted molar refractivity (Wildman–Crippen MR) is 53.6 cm³/mol. The summed E-state index contributed by atoms with van der Waals surface area (Å²) in [6.45, 7) is -0.0306. The number of carbonyl (C=O) groups excluding carboxylic acids is 1. The minimum absolute atomic E-state index is 0.0306. The minimum Gasteiger partial charge on any atom is -0.508 e. The van der Waals surface area contributed by atoms with Crippen molar-refractivity contribution in [2.75, 3.05) is 19.0 Å². The summed E-state index contributed by atoms with van der Waals surface area (Å²) in [6.07, 6.45) is 0. The molecule has 0 unspecified atom stereocenters. The Morgan fingerprint density at radius 3 is 2.93 bits per heavy atom. The fourth-order valence-corrected chi connectivity index (χ4v) is 1.14. The molecular formula is C9H10ClNO3. The molecule has 0 aliphatic rings. The molecule has 0 bridgehead atoms. The van der Waals surface area contributed by atoms with Gasteiger partial charge in [-0.2, -0.15) is 0 Å². The number of ether oxygens (including phenoxy) is 1. The average Bonchev–Trinajstić information content (AvgIpc) is 2.10. The molecular weight excluding hydrogens is 206 g/mol. The Bertz CT molecular complexity index is 341. The van der Waals surface area contributed by atoms with Gasteiger partial charge in [0, 0.05) is 13.2 Å². The van der Waals surface area contributed by atoms with Crippen LogP contribution in [0.25, 0.3) is 0 Å². The summed E-state index contributed by atoms with van der Waals surface area (Å²) < 4.78 is 4.63. The van der Waals surface area contributed by atoms with E-state index in [1.807, 2.05) is 0 Å². The lowest BCUT2D eigenvalue weighted by molar-refractivity contribution is -0.119. The Labute approximate surface area is 86.4 Å². The summed E-state index contributed by atoms with van der Waals surface area (Å²) in [4.78, 5) is 11.1. The van der Waals surface area contributed by atoms with E-state index in [4.69, 9.17) is 16.7 Å². The number of carbonyl (C=O) groups is 1. The van der Waals surface area contributed by atoms with Crippen LogP contribution >= 0.6 is 11.6 Å². The second kappa shape index (κ2) is 4.83. The summed E-state index contributed by atoms with van der Waals surface area (Å²) >= 11 is 5.76. The summed E-state index contributed by atoms with van der Waals surface area (Å²) in [5.41, 5.74) is 0.450. The number of nitrogens with one attached hydrogen (secondary N) is 1. The van der Waals surface area contributed by atoms with Gasteiger partial charge in [-0.15, -0.1) is 0 Å². The average molecular weight is 216 g/mol.